The third kappa shape index (κ3) is 2.40. The van der Waals surface area contributed by atoms with Crippen LogP contribution in [-0.2, 0) is 6.42 Å². The Morgan fingerprint density at radius 1 is 1.36 bits per heavy atom. The number of likely N-dealkylation sites (tertiary alicyclic amines) is 1. The second kappa shape index (κ2) is 5.74. The zero-order valence-electron chi connectivity index (χ0n) is 13.2. The second-order valence-electron chi connectivity index (χ2n) is 6.06. The Morgan fingerprint density at radius 3 is 2.73 bits per heavy atom. The van der Waals surface area contributed by atoms with E-state index < -0.39 is 6.10 Å². The van der Waals surface area contributed by atoms with Crippen molar-refractivity contribution in [2.75, 3.05) is 27.2 Å². The Bertz CT molecular complexity index is 692. The summed E-state index contributed by atoms with van der Waals surface area (Å²) >= 11 is 0. The highest BCUT2D eigenvalue weighted by molar-refractivity contribution is 6.07. The van der Waals surface area contributed by atoms with E-state index in [1.54, 1.807) is 4.90 Å². The number of benzene rings is 1. The summed E-state index contributed by atoms with van der Waals surface area (Å²) in [7, 11) is 3.85. The number of aliphatic hydroxyl groups excluding tert-OH is 1. The van der Waals surface area contributed by atoms with Crippen molar-refractivity contribution in [3.63, 3.8) is 0 Å². The molecular weight excluding hydrogens is 280 g/mol. The van der Waals surface area contributed by atoms with Crippen LogP contribution in [0.1, 0.15) is 23.0 Å². The van der Waals surface area contributed by atoms with Gasteiger partial charge in [0.2, 0.25) is 0 Å². The Balaban J connectivity index is 1.96. The van der Waals surface area contributed by atoms with Crippen molar-refractivity contribution < 1.29 is 14.3 Å². The van der Waals surface area contributed by atoms with Crippen molar-refractivity contribution in [2.24, 2.45) is 0 Å². The number of furan rings is 1. The van der Waals surface area contributed by atoms with Crippen molar-refractivity contribution in [1.29, 1.82) is 0 Å². The summed E-state index contributed by atoms with van der Waals surface area (Å²) in [6.07, 6.45) is 0.158. The van der Waals surface area contributed by atoms with Crippen molar-refractivity contribution in [3.8, 4) is 0 Å². The largest absolute Gasteiger partial charge is 0.460 e. The fourth-order valence-electron chi connectivity index (χ4n) is 3.18. The molecule has 1 aromatic heterocycles. The molecule has 118 valence electrons. The van der Waals surface area contributed by atoms with Gasteiger partial charge in [-0.25, -0.2) is 0 Å². The number of amides is 1. The van der Waals surface area contributed by atoms with Crippen molar-refractivity contribution in [2.45, 2.75) is 25.5 Å². The lowest BCUT2D eigenvalue weighted by atomic mass is 10.1. The van der Waals surface area contributed by atoms with Gasteiger partial charge in [0.15, 0.2) is 0 Å². The third-order valence-electron chi connectivity index (χ3n) is 4.41. The molecule has 3 rings (SSSR count). The first-order valence-electron chi connectivity index (χ1n) is 7.67. The van der Waals surface area contributed by atoms with Crippen LogP contribution in [-0.4, -0.2) is 60.1 Å². The molecule has 1 aliphatic rings. The molecule has 1 amide bonds. The molecule has 1 aliphatic heterocycles. The van der Waals surface area contributed by atoms with Crippen molar-refractivity contribution in [1.82, 2.24) is 9.80 Å². The first-order valence-corrected chi connectivity index (χ1v) is 7.67. The Kier molecular flexibility index (Phi) is 3.93. The summed E-state index contributed by atoms with van der Waals surface area (Å²) < 4.78 is 5.81. The number of aryl methyl sites for hydroxylation is 1. The molecule has 0 spiro atoms. The van der Waals surface area contributed by atoms with E-state index in [-0.39, 0.29) is 11.9 Å². The van der Waals surface area contributed by atoms with Gasteiger partial charge in [0.25, 0.3) is 5.91 Å². The SMILES string of the molecule is CCc1oc2ccccc2c1C(=O)N1C[C@H](O)[C@@H](N(C)C)C1. The fraction of sp³-hybridized carbons (Fsp3) is 0.471. The van der Waals surface area contributed by atoms with Gasteiger partial charge in [-0.1, -0.05) is 25.1 Å². The lowest BCUT2D eigenvalue weighted by molar-refractivity contribution is 0.0763. The number of carbonyl (C=O) groups excluding carboxylic acids is 1. The molecule has 1 N–H and O–H groups in total. The molecule has 2 heterocycles. The molecule has 1 saturated heterocycles. The molecule has 5 heteroatoms. The number of rotatable bonds is 3. The van der Waals surface area contributed by atoms with Gasteiger partial charge in [0.1, 0.15) is 11.3 Å². The molecular formula is C17H22N2O3. The first-order chi connectivity index (χ1) is 10.5. The van der Waals surface area contributed by atoms with Crippen LogP contribution in [0.2, 0.25) is 0 Å². The maximum absolute atomic E-state index is 13.0. The summed E-state index contributed by atoms with van der Waals surface area (Å²) in [5.74, 6) is 0.666. The van der Waals surface area contributed by atoms with E-state index in [0.29, 0.717) is 30.8 Å². The van der Waals surface area contributed by atoms with E-state index >= 15 is 0 Å². The average Bonchev–Trinajstić information content (AvgIpc) is 3.06. The maximum atomic E-state index is 13.0. The minimum atomic E-state index is -0.512. The van der Waals surface area contributed by atoms with E-state index in [0.717, 1.165) is 11.0 Å². The van der Waals surface area contributed by atoms with Crippen molar-refractivity contribution in [3.05, 3.63) is 35.6 Å². The minimum absolute atomic E-state index is 0.0211. The number of carbonyl (C=O) groups is 1. The number of para-hydroxylation sites is 1. The predicted octanol–water partition coefficient (Wildman–Crippen LogP) is 1.74. The molecule has 2 atom stereocenters. The zero-order valence-corrected chi connectivity index (χ0v) is 13.2. The molecule has 1 fully saturated rings. The van der Waals surface area contributed by atoms with Gasteiger partial charge >= 0.3 is 0 Å². The highest BCUT2D eigenvalue weighted by atomic mass is 16.3. The summed E-state index contributed by atoms with van der Waals surface area (Å²) in [5.41, 5.74) is 1.39. The van der Waals surface area contributed by atoms with Gasteiger partial charge in [-0.2, -0.15) is 0 Å². The van der Waals surface area contributed by atoms with Gasteiger partial charge < -0.3 is 19.3 Å². The van der Waals surface area contributed by atoms with Gasteiger partial charge in [0, 0.05) is 24.9 Å². The number of β-amino-alcohol motifs (C(OH)–C–C–N with tert-alkyl or cyclic N) is 1. The fourth-order valence-corrected chi connectivity index (χ4v) is 3.18. The summed E-state index contributed by atoms with van der Waals surface area (Å²) in [4.78, 5) is 16.6. The van der Waals surface area contributed by atoms with Crippen LogP contribution < -0.4 is 0 Å². The Labute approximate surface area is 130 Å². The van der Waals surface area contributed by atoms with Crippen LogP contribution in [0.25, 0.3) is 11.0 Å². The topological polar surface area (TPSA) is 56.9 Å². The maximum Gasteiger partial charge on any atom is 0.258 e. The number of likely N-dealkylation sites (N-methyl/N-ethyl adjacent to an activating group) is 1. The number of nitrogens with zero attached hydrogens (tertiary/aromatic N) is 2. The van der Waals surface area contributed by atoms with Crippen LogP contribution in [0.5, 0.6) is 0 Å². The molecule has 0 aliphatic carbocycles. The van der Waals surface area contributed by atoms with Crippen LogP contribution in [0.15, 0.2) is 28.7 Å². The van der Waals surface area contributed by atoms with Crippen molar-refractivity contribution >= 4 is 16.9 Å². The quantitative estimate of drug-likeness (QED) is 0.938. The van der Waals surface area contributed by atoms with Crippen LogP contribution in [0.4, 0.5) is 0 Å². The molecule has 5 nitrogen and oxygen atoms in total. The molecule has 0 radical (unpaired) electrons. The van der Waals surface area contributed by atoms with Gasteiger partial charge in [-0.05, 0) is 20.2 Å². The number of aliphatic hydroxyl groups is 1. The highest BCUT2D eigenvalue weighted by Crippen LogP contribution is 2.29. The molecule has 0 bridgehead atoms. The van der Waals surface area contributed by atoms with E-state index in [9.17, 15) is 9.90 Å². The normalized spacial score (nSPS) is 22.0. The van der Waals surface area contributed by atoms with E-state index in [2.05, 4.69) is 0 Å². The highest BCUT2D eigenvalue weighted by Gasteiger charge is 2.37. The first kappa shape index (κ1) is 15.1. The smallest absolute Gasteiger partial charge is 0.258 e. The summed E-state index contributed by atoms with van der Waals surface area (Å²) in [6, 6.07) is 7.59. The van der Waals surface area contributed by atoms with E-state index in [1.165, 1.54) is 0 Å². The molecule has 0 saturated carbocycles. The third-order valence-corrected chi connectivity index (χ3v) is 4.41. The second-order valence-corrected chi connectivity index (χ2v) is 6.06. The molecule has 2 aromatic rings. The summed E-state index contributed by atoms with van der Waals surface area (Å²) in [6.45, 7) is 2.88. The van der Waals surface area contributed by atoms with Gasteiger partial charge in [0.05, 0.1) is 17.7 Å². The summed E-state index contributed by atoms with van der Waals surface area (Å²) in [5, 5.41) is 11.0. The van der Waals surface area contributed by atoms with E-state index in [4.69, 9.17) is 4.42 Å². The van der Waals surface area contributed by atoms with Gasteiger partial charge in [-0.15, -0.1) is 0 Å². The minimum Gasteiger partial charge on any atom is -0.460 e. The average molecular weight is 302 g/mol. The molecule has 1 aromatic carbocycles. The van der Waals surface area contributed by atoms with Crippen LogP contribution in [0, 0.1) is 0 Å². The molecule has 0 unspecified atom stereocenters. The Hall–Kier alpha value is -1.85. The molecule has 22 heavy (non-hydrogen) atoms. The van der Waals surface area contributed by atoms with Gasteiger partial charge in [-0.3, -0.25) is 4.79 Å². The lowest BCUT2D eigenvalue weighted by Gasteiger charge is -2.21. The zero-order chi connectivity index (χ0) is 15.9. The number of fused-ring (bicyclic) bond motifs is 1. The van der Waals surface area contributed by atoms with Crippen LogP contribution in [0.3, 0.4) is 0 Å². The monoisotopic (exact) mass is 302 g/mol. The predicted molar refractivity (Wildman–Crippen MR) is 85.0 cm³/mol. The van der Waals surface area contributed by atoms with Crippen LogP contribution >= 0.6 is 0 Å². The number of hydrogen-bond donors (Lipinski definition) is 1. The standard InChI is InChI=1S/C17H22N2O3/c1-4-14-16(11-7-5-6-8-15(11)22-14)17(21)19-9-12(18(2)3)13(20)10-19/h5-8,12-13,20H,4,9-10H2,1-3H3/t12-,13-/m0/s1. The number of hydrogen-bond acceptors (Lipinski definition) is 4. The Morgan fingerprint density at radius 2 is 2.09 bits per heavy atom. The lowest BCUT2D eigenvalue weighted by Crippen LogP contribution is -2.38. The van der Waals surface area contributed by atoms with E-state index in [1.807, 2.05) is 50.2 Å².